The van der Waals surface area contributed by atoms with Crippen molar-refractivity contribution < 1.29 is 27.5 Å². The second-order valence-corrected chi connectivity index (χ2v) is 7.53. The summed E-state index contributed by atoms with van der Waals surface area (Å²) in [6.07, 6.45) is -4.06. The maximum atomic E-state index is 13.1. The summed E-state index contributed by atoms with van der Waals surface area (Å²) in [6, 6.07) is 9.33. The van der Waals surface area contributed by atoms with Crippen molar-refractivity contribution in [2.45, 2.75) is 38.9 Å². The van der Waals surface area contributed by atoms with Crippen LogP contribution < -0.4 is 15.4 Å². The van der Waals surface area contributed by atoms with Gasteiger partial charge in [-0.1, -0.05) is 35.0 Å². The van der Waals surface area contributed by atoms with Crippen LogP contribution in [-0.4, -0.2) is 18.4 Å². The number of hydrogen-bond donors (Lipinski definition) is 2. The molecule has 1 atom stereocenters. The Morgan fingerprint density at radius 3 is 2.37 bits per heavy atom. The summed E-state index contributed by atoms with van der Waals surface area (Å²) in [5.74, 6) is -0.739. The standard InChI is InChI=1S/C21H22BrF3N2O3/c1-3-10-30-19-9-6-15(21(23,24)25)11-18(19)27-20(29)12-17(26-13(2)28)14-4-7-16(22)8-5-14/h4-9,11,17H,3,10,12H2,1-2H3,(H,26,28)(H,27,29). The second-order valence-electron chi connectivity index (χ2n) is 6.61. The molecule has 30 heavy (non-hydrogen) atoms. The van der Waals surface area contributed by atoms with Gasteiger partial charge >= 0.3 is 6.18 Å². The summed E-state index contributed by atoms with van der Waals surface area (Å²) in [7, 11) is 0. The number of ether oxygens (including phenoxy) is 1. The van der Waals surface area contributed by atoms with Crippen molar-refractivity contribution in [2.24, 2.45) is 0 Å². The monoisotopic (exact) mass is 486 g/mol. The van der Waals surface area contributed by atoms with Gasteiger partial charge in [-0.05, 0) is 42.3 Å². The van der Waals surface area contributed by atoms with Gasteiger partial charge in [-0.3, -0.25) is 9.59 Å². The van der Waals surface area contributed by atoms with E-state index in [1.54, 1.807) is 24.3 Å². The van der Waals surface area contributed by atoms with Gasteiger partial charge in [0.05, 0.1) is 30.3 Å². The molecular formula is C21H22BrF3N2O3. The van der Waals surface area contributed by atoms with E-state index in [1.807, 2.05) is 6.92 Å². The van der Waals surface area contributed by atoms with E-state index in [2.05, 4.69) is 26.6 Å². The van der Waals surface area contributed by atoms with Crippen molar-refractivity contribution in [3.8, 4) is 5.75 Å². The molecule has 0 heterocycles. The van der Waals surface area contributed by atoms with Crippen LogP contribution in [0.4, 0.5) is 18.9 Å². The Hall–Kier alpha value is -2.55. The van der Waals surface area contributed by atoms with Gasteiger partial charge in [-0.15, -0.1) is 0 Å². The van der Waals surface area contributed by atoms with Gasteiger partial charge in [0.25, 0.3) is 0 Å². The Kier molecular flexibility index (Phi) is 8.28. The molecule has 0 spiro atoms. The molecule has 0 bridgehead atoms. The van der Waals surface area contributed by atoms with E-state index >= 15 is 0 Å². The molecule has 0 fully saturated rings. The molecule has 0 aliphatic carbocycles. The number of nitrogens with one attached hydrogen (secondary N) is 2. The number of benzene rings is 2. The van der Waals surface area contributed by atoms with Crippen molar-refractivity contribution in [2.75, 3.05) is 11.9 Å². The van der Waals surface area contributed by atoms with Crippen LogP contribution in [0.3, 0.4) is 0 Å². The first kappa shape index (κ1) is 23.7. The van der Waals surface area contributed by atoms with E-state index in [4.69, 9.17) is 4.74 Å². The molecule has 2 aromatic rings. The van der Waals surface area contributed by atoms with E-state index in [9.17, 15) is 22.8 Å². The summed E-state index contributed by atoms with van der Waals surface area (Å²) < 4.78 is 45.6. The molecule has 5 nitrogen and oxygen atoms in total. The maximum Gasteiger partial charge on any atom is 0.416 e. The lowest BCUT2D eigenvalue weighted by atomic mass is 10.0. The zero-order valence-corrected chi connectivity index (χ0v) is 18.1. The average molecular weight is 487 g/mol. The molecular weight excluding hydrogens is 465 g/mol. The quantitative estimate of drug-likeness (QED) is 0.520. The molecule has 9 heteroatoms. The Labute approximate surface area is 181 Å². The summed E-state index contributed by atoms with van der Waals surface area (Å²) >= 11 is 3.32. The molecule has 0 aliphatic heterocycles. The summed E-state index contributed by atoms with van der Waals surface area (Å²) in [5, 5.41) is 5.18. The third-order valence-electron chi connectivity index (χ3n) is 4.08. The van der Waals surface area contributed by atoms with Gasteiger partial charge in [0, 0.05) is 11.4 Å². The molecule has 162 valence electrons. The minimum Gasteiger partial charge on any atom is -0.491 e. The van der Waals surface area contributed by atoms with Crippen molar-refractivity contribution in [3.63, 3.8) is 0 Å². The number of anilines is 1. The Morgan fingerprint density at radius 1 is 1.13 bits per heavy atom. The highest BCUT2D eigenvalue weighted by Crippen LogP contribution is 2.35. The first-order valence-electron chi connectivity index (χ1n) is 9.26. The van der Waals surface area contributed by atoms with Crippen LogP contribution in [0.5, 0.6) is 5.75 Å². The van der Waals surface area contributed by atoms with E-state index in [-0.39, 0.29) is 23.8 Å². The molecule has 0 saturated heterocycles. The summed E-state index contributed by atoms with van der Waals surface area (Å²) in [5.41, 5.74) is -0.274. The van der Waals surface area contributed by atoms with Crippen molar-refractivity contribution in [3.05, 3.63) is 58.1 Å². The van der Waals surface area contributed by atoms with Gasteiger partial charge in [-0.2, -0.15) is 13.2 Å². The summed E-state index contributed by atoms with van der Waals surface area (Å²) in [4.78, 5) is 24.2. The van der Waals surface area contributed by atoms with Crippen LogP contribution in [-0.2, 0) is 15.8 Å². The van der Waals surface area contributed by atoms with Crippen molar-refractivity contribution >= 4 is 33.4 Å². The second kappa shape index (κ2) is 10.5. The van der Waals surface area contributed by atoms with Crippen molar-refractivity contribution in [1.29, 1.82) is 0 Å². The third kappa shape index (κ3) is 7.05. The average Bonchev–Trinajstić information content (AvgIpc) is 2.66. The first-order chi connectivity index (χ1) is 14.1. The minimum atomic E-state index is -4.56. The lowest BCUT2D eigenvalue weighted by molar-refractivity contribution is -0.137. The fraction of sp³-hybridized carbons (Fsp3) is 0.333. The van der Waals surface area contributed by atoms with Gasteiger partial charge in [-0.25, -0.2) is 0 Å². The predicted octanol–water partition coefficient (Wildman–Crippen LogP) is 5.46. The number of amides is 2. The van der Waals surface area contributed by atoms with Crippen LogP contribution in [0, 0.1) is 0 Å². The molecule has 2 aromatic carbocycles. The molecule has 2 N–H and O–H groups in total. The molecule has 2 rings (SSSR count). The van der Waals surface area contributed by atoms with Crippen molar-refractivity contribution in [1.82, 2.24) is 5.32 Å². The van der Waals surface area contributed by atoms with Gasteiger partial charge in [0.2, 0.25) is 11.8 Å². The van der Waals surface area contributed by atoms with Crippen LogP contribution >= 0.6 is 15.9 Å². The van der Waals surface area contributed by atoms with Crippen LogP contribution in [0.15, 0.2) is 46.9 Å². The highest BCUT2D eigenvalue weighted by molar-refractivity contribution is 9.10. The predicted molar refractivity (Wildman–Crippen MR) is 111 cm³/mol. The molecule has 0 aromatic heterocycles. The lowest BCUT2D eigenvalue weighted by Crippen LogP contribution is -2.29. The summed E-state index contributed by atoms with van der Waals surface area (Å²) in [6.45, 7) is 3.48. The lowest BCUT2D eigenvalue weighted by Gasteiger charge is -2.19. The fourth-order valence-electron chi connectivity index (χ4n) is 2.72. The maximum absolute atomic E-state index is 13.1. The molecule has 0 radical (unpaired) electrons. The zero-order valence-electron chi connectivity index (χ0n) is 16.5. The third-order valence-corrected chi connectivity index (χ3v) is 4.61. The van der Waals surface area contributed by atoms with E-state index in [0.717, 1.165) is 16.6 Å². The Balaban J connectivity index is 2.24. The van der Waals surface area contributed by atoms with Crippen LogP contribution in [0.1, 0.15) is 43.9 Å². The molecule has 0 aliphatic rings. The van der Waals surface area contributed by atoms with E-state index in [1.165, 1.54) is 13.0 Å². The van der Waals surface area contributed by atoms with Crippen LogP contribution in [0.2, 0.25) is 0 Å². The van der Waals surface area contributed by atoms with Gasteiger partial charge in [0.1, 0.15) is 5.75 Å². The normalized spacial score (nSPS) is 12.2. The molecule has 0 saturated carbocycles. The largest absolute Gasteiger partial charge is 0.491 e. The number of halogens is 4. The molecule has 2 amide bonds. The highest BCUT2D eigenvalue weighted by atomic mass is 79.9. The number of rotatable bonds is 8. The zero-order chi connectivity index (χ0) is 22.3. The minimum absolute atomic E-state index is 0.0688. The SMILES string of the molecule is CCCOc1ccc(C(F)(F)F)cc1NC(=O)CC(NC(C)=O)c1ccc(Br)cc1. The Morgan fingerprint density at radius 2 is 1.80 bits per heavy atom. The highest BCUT2D eigenvalue weighted by Gasteiger charge is 2.31. The number of carbonyl (C=O) groups excluding carboxylic acids is 2. The number of hydrogen-bond acceptors (Lipinski definition) is 3. The fourth-order valence-corrected chi connectivity index (χ4v) is 2.99. The number of alkyl halides is 3. The molecule has 1 unspecified atom stereocenters. The topological polar surface area (TPSA) is 67.4 Å². The first-order valence-corrected chi connectivity index (χ1v) is 10.1. The van der Waals surface area contributed by atoms with E-state index in [0.29, 0.717) is 18.6 Å². The number of carbonyl (C=O) groups is 2. The smallest absolute Gasteiger partial charge is 0.416 e. The van der Waals surface area contributed by atoms with Gasteiger partial charge in [0.15, 0.2) is 0 Å². The van der Waals surface area contributed by atoms with Gasteiger partial charge < -0.3 is 15.4 Å². The van der Waals surface area contributed by atoms with E-state index < -0.39 is 23.7 Å². The Bertz CT molecular complexity index is 886. The van der Waals surface area contributed by atoms with Crippen LogP contribution in [0.25, 0.3) is 0 Å².